The molecular formula is C16H27N. The molecule has 2 atom stereocenters. The van der Waals surface area contributed by atoms with Gasteiger partial charge in [-0.3, -0.25) is 0 Å². The Morgan fingerprint density at radius 2 is 1.88 bits per heavy atom. The molecule has 0 fully saturated rings. The average Bonchev–Trinajstić information content (AvgIpc) is 2.34. The van der Waals surface area contributed by atoms with Gasteiger partial charge in [-0.15, -0.1) is 0 Å². The van der Waals surface area contributed by atoms with Crippen molar-refractivity contribution in [2.45, 2.75) is 58.9 Å². The summed E-state index contributed by atoms with van der Waals surface area (Å²) < 4.78 is 0. The van der Waals surface area contributed by atoms with Crippen LogP contribution in [0.2, 0.25) is 0 Å². The fourth-order valence-electron chi connectivity index (χ4n) is 2.47. The number of unbranched alkanes of at least 4 members (excludes halogenated alkanes) is 1. The quantitative estimate of drug-likeness (QED) is 0.731. The molecule has 2 unspecified atom stereocenters. The molecule has 0 aromatic heterocycles. The molecule has 0 aliphatic carbocycles. The minimum Gasteiger partial charge on any atom is -0.324 e. The molecule has 0 spiro atoms. The van der Waals surface area contributed by atoms with E-state index in [-0.39, 0.29) is 6.04 Å². The second kappa shape index (κ2) is 7.50. The average molecular weight is 233 g/mol. The standard InChI is InChI=1S/C16H27N/c1-4-6-10-14(5-2)12-16(17)15-11-8-7-9-13(15)3/h7-9,11,14,16H,4-6,10,12,17H2,1-3H3. The molecule has 1 aromatic carbocycles. The number of aryl methyl sites for hydroxylation is 1. The van der Waals surface area contributed by atoms with Crippen LogP contribution in [0.15, 0.2) is 24.3 Å². The van der Waals surface area contributed by atoms with Gasteiger partial charge >= 0.3 is 0 Å². The number of hydrogen-bond acceptors (Lipinski definition) is 1. The molecule has 1 rings (SSSR count). The van der Waals surface area contributed by atoms with Crippen molar-refractivity contribution in [2.24, 2.45) is 11.7 Å². The van der Waals surface area contributed by atoms with Gasteiger partial charge < -0.3 is 5.73 Å². The van der Waals surface area contributed by atoms with Crippen LogP contribution in [0.1, 0.15) is 63.1 Å². The summed E-state index contributed by atoms with van der Waals surface area (Å²) in [6.07, 6.45) is 6.32. The Balaban J connectivity index is 2.58. The maximum absolute atomic E-state index is 6.34. The first-order chi connectivity index (χ1) is 8.19. The minimum absolute atomic E-state index is 0.206. The van der Waals surface area contributed by atoms with Gasteiger partial charge in [0.2, 0.25) is 0 Å². The zero-order valence-corrected chi connectivity index (χ0v) is 11.6. The van der Waals surface area contributed by atoms with Crippen LogP contribution in [0, 0.1) is 12.8 Å². The second-order valence-electron chi connectivity index (χ2n) is 5.12. The highest BCUT2D eigenvalue weighted by Crippen LogP contribution is 2.26. The second-order valence-corrected chi connectivity index (χ2v) is 5.12. The molecule has 0 bridgehead atoms. The van der Waals surface area contributed by atoms with E-state index in [1.807, 2.05) is 0 Å². The molecule has 96 valence electrons. The summed E-state index contributed by atoms with van der Waals surface area (Å²) in [5.74, 6) is 0.782. The number of rotatable bonds is 7. The molecular weight excluding hydrogens is 206 g/mol. The third-order valence-electron chi connectivity index (χ3n) is 3.72. The Morgan fingerprint density at radius 1 is 1.18 bits per heavy atom. The highest BCUT2D eigenvalue weighted by atomic mass is 14.6. The predicted molar refractivity (Wildman–Crippen MR) is 76.0 cm³/mol. The van der Waals surface area contributed by atoms with Crippen LogP contribution in [0.3, 0.4) is 0 Å². The van der Waals surface area contributed by atoms with Gasteiger partial charge in [0.25, 0.3) is 0 Å². The van der Waals surface area contributed by atoms with E-state index >= 15 is 0 Å². The maximum Gasteiger partial charge on any atom is 0.0300 e. The Labute approximate surface area is 106 Å². The Kier molecular flexibility index (Phi) is 6.28. The fourth-order valence-corrected chi connectivity index (χ4v) is 2.47. The zero-order chi connectivity index (χ0) is 12.7. The van der Waals surface area contributed by atoms with Gasteiger partial charge in [-0.25, -0.2) is 0 Å². The molecule has 1 heteroatoms. The number of hydrogen-bond donors (Lipinski definition) is 1. The van der Waals surface area contributed by atoms with Crippen LogP contribution >= 0.6 is 0 Å². The van der Waals surface area contributed by atoms with E-state index in [0.717, 1.165) is 12.3 Å². The molecule has 0 radical (unpaired) electrons. The molecule has 0 aliphatic rings. The van der Waals surface area contributed by atoms with E-state index < -0.39 is 0 Å². The van der Waals surface area contributed by atoms with Gasteiger partial charge in [0.1, 0.15) is 0 Å². The SMILES string of the molecule is CCCCC(CC)CC(N)c1ccccc1C. The van der Waals surface area contributed by atoms with E-state index in [0.29, 0.717) is 0 Å². The zero-order valence-electron chi connectivity index (χ0n) is 11.6. The summed E-state index contributed by atoms with van der Waals surface area (Å²) in [6.45, 7) is 6.70. The monoisotopic (exact) mass is 233 g/mol. The van der Waals surface area contributed by atoms with Crippen molar-refractivity contribution >= 4 is 0 Å². The van der Waals surface area contributed by atoms with Crippen molar-refractivity contribution in [3.05, 3.63) is 35.4 Å². The largest absolute Gasteiger partial charge is 0.324 e. The summed E-state index contributed by atoms with van der Waals surface area (Å²) in [5.41, 5.74) is 8.99. The molecule has 17 heavy (non-hydrogen) atoms. The maximum atomic E-state index is 6.34. The Hall–Kier alpha value is -0.820. The Bertz CT molecular complexity index is 319. The molecule has 1 aromatic rings. The van der Waals surface area contributed by atoms with Crippen LogP contribution in [0.4, 0.5) is 0 Å². The van der Waals surface area contributed by atoms with Crippen LogP contribution in [0.5, 0.6) is 0 Å². The lowest BCUT2D eigenvalue weighted by Gasteiger charge is -2.21. The molecule has 0 aliphatic heterocycles. The molecule has 0 heterocycles. The van der Waals surface area contributed by atoms with E-state index in [9.17, 15) is 0 Å². The topological polar surface area (TPSA) is 26.0 Å². The van der Waals surface area contributed by atoms with Crippen molar-refractivity contribution in [1.29, 1.82) is 0 Å². The van der Waals surface area contributed by atoms with Crippen LogP contribution in [-0.4, -0.2) is 0 Å². The molecule has 0 saturated carbocycles. The van der Waals surface area contributed by atoms with Gasteiger partial charge in [0.05, 0.1) is 0 Å². The van der Waals surface area contributed by atoms with Gasteiger partial charge in [-0.05, 0) is 30.4 Å². The normalized spacial score (nSPS) is 14.6. The highest BCUT2D eigenvalue weighted by molar-refractivity contribution is 5.28. The number of nitrogens with two attached hydrogens (primary N) is 1. The van der Waals surface area contributed by atoms with Crippen molar-refractivity contribution < 1.29 is 0 Å². The lowest BCUT2D eigenvalue weighted by Crippen LogP contribution is -2.16. The van der Waals surface area contributed by atoms with E-state index in [1.54, 1.807) is 0 Å². The molecule has 0 amide bonds. The third kappa shape index (κ3) is 4.51. The summed E-state index contributed by atoms with van der Waals surface area (Å²) in [7, 11) is 0. The van der Waals surface area contributed by atoms with Crippen molar-refractivity contribution in [3.63, 3.8) is 0 Å². The lowest BCUT2D eigenvalue weighted by atomic mass is 9.88. The highest BCUT2D eigenvalue weighted by Gasteiger charge is 2.14. The first kappa shape index (κ1) is 14.2. The summed E-state index contributed by atoms with van der Waals surface area (Å²) in [5, 5.41) is 0. The lowest BCUT2D eigenvalue weighted by molar-refractivity contribution is 0.388. The van der Waals surface area contributed by atoms with Crippen LogP contribution in [-0.2, 0) is 0 Å². The molecule has 2 N–H and O–H groups in total. The first-order valence-corrected chi connectivity index (χ1v) is 7.00. The summed E-state index contributed by atoms with van der Waals surface area (Å²) >= 11 is 0. The van der Waals surface area contributed by atoms with Crippen LogP contribution < -0.4 is 5.73 Å². The Morgan fingerprint density at radius 3 is 2.47 bits per heavy atom. The minimum atomic E-state index is 0.206. The van der Waals surface area contributed by atoms with Gasteiger partial charge in [0, 0.05) is 6.04 Å². The third-order valence-corrected chi connectivity index (χ3v) is 3.72. The number of benzene rings is 1. The summed E-state index contributed by atoms with van der Waals surface area (Å²) in [4.78, 5) is 0. The van der Waals surface area contributed by atoms with Gasteiger partial charge in [-0.1, -0.05) is 63.8 Å². The van der Waals surface area contributed by atoms with E-state index in [1.165, 1.54) is 36.8 Å². The smallest absolute Gasteiger partial charge is 0.0300 e. The van der Waals surface area contributed by atoms with Crippen molar-refractivity contribution in [2.75, 3.05) is 0 Å². The van der Waals surface area contributed by atoms with Crippen molar-refractivity contribution in [3.8, 4) is 0 Å². The van der Waals surface area contributed by atoms with E-state index in [2.05, 4.69) is 45.0 Å². The van der Waals surface area contributed by atoms with Gasteiger partial charge in [-0.2, -0.15) is 0 Å². The van der Waals surface area contributed by atoms with Crippen LogP contribution in [0.25, 0.3) is 0 Å². The molecule has 1 nitrogen and oxygen atoms in total. The fraction of sp³-hybridized carbons (Fsp3) is 0.625. The first-order valence-electron chi connectivity index (χ1n) is 7.00. The predicted octanol–water partition coefficient (Wildman–Crippen LogP) is 4.60. The summed E-state index contributed by atoms with van der Waals surface area (Å²) in [6, 6.07) is 8.71. The molecule has 0 saturated heterocycles. The van der Waals surface area contributed by atoms with Crippen molar-refractivity contribution in [1.82, 2.24) is 0 Å². The van der Waals surface area contributed by atoms with Gasteiger partial charge in [0.15, 0.2) is 0 Å². The van der Waals surface area contributed by atoms with E-state index in [4.69, 9.17) is 5.73 Å².